The van der Waals surface area contributed by atoms with Crippen molar-refractivity contribution in [3.8, 4) is 0 Å². The van der Waals surface area contributed by atoms with Crippen LogP contribution in [0.2, 0.25) is 5.02 Å². The van der Waals surface area contributed by atoms with Crippen LogP contribution in [0.4, 0.5) is 5.82 Å². The maximum atomic E-state index is 12.9. The van der Waals surface area contributed by atoms with Crippen molar-refractivity contribution in [2.75, 3.05) is 11.6 Å². The lowest BCUT2D eigenvalue weighted by molar-refractivity contribution is 0.577. The van der Waals surface area contributed by atoms with Gasteiger partial charge in [-0.25, -0.2) is 9.48 Å². The molecule has 0 aliphatic rings. The number of halogens is 2. The molecule has 2 heterocycles. The molecule has 2 aromatic heterocycles. The van der Waals surface area contributed by atoms with Crippen molar-refractivity contribution in [2.24, 2.45) is 0 Å². The molecule has 0 bridgehead atoms. The Morgan fingerprint density at radius 1 is 1.12 bits per heavy atom. The summed E-state index contributed by atoms with van der Waals surface area (Å²) in [6.45, 7) is 2.83. The van der Waals surface area contributed by atoms with E-state index in [0.29, 0.717) is 30.4 Å². The van der Waals surface area contributed by atoms with Crippen LogP contribution in [0.25, 0.3) is 11.0 Å². The highest BCUT2D eigenvalue weighted by Crippen LogP contribution is 2.18. The maximum Gasteiger partial charge on any atom is 0.333 e. The first kappa shape index (κ1) is 18.5. The first-order valence-corrected chi connectivity index (χ1v) is 9.19. The van der Waals surface area contributed by atoms with Gasteiger partial charge in [-0.1, -0.05) is 30.7 Å². The Balaban J connectivity index is 2.28. The summed E-state index contributed by atoms with van der Waals surface area (Å²) in [5.41, 5.74) is 6.43. The molecular formula is C17H19Cl2N5O2. The smallest absolute Gasteiger partial charge is 0.333 e. The number of benzene rings is 1. The topological polar surface area (TPSA) is 87.8 Å². The molecule has 3 rings (SSSR count). The third-order valence-corrected chi connectivity index (χ3v) is 4.57. The fourth-order valence-corrected chi connectivity index (χ4v) is 3.19. The number of fused-ring (bicyclic) bond motifs is 1. The summed E-state index contributed by atoms with van der Waals surface area (Å²) in [5.74, 6) is 0.517. The number of alkyl halides is 1. The van der Waals surface area contributed by atoms with E-state index >= 15 is 0 Å². The van der Waals surface area contributed by atoms with Crippen LogP contribution in [0, 0.1) is 0 Å². The molecule has 0 fully saturated rings. The molecule has 0 amide bonds. The zero-order chi connectivity index (χ0) is 18.8. The van der Waals surface area contributed by atoms with E-state index in [1.807, 2.05) is 19.1 Å². The number of nitrogens with zero attached hydrogens (tertiary/aromatic N) is 4. The Hall–Kier alpha value is -2.25. The molecule has 0 aliphatic heterocycles. The molecule has 26 heavy (non-hydrogen) atoms. The Morgan fingerprint density at radius 2 is 1.81 bits per heavy atom. The van der Waals surface area contributed by atoms with Crippen LogP contribution in [-0.4, -0.2) is 24.8 Å². The minimum Gasteiger partial charge on any atom is -0.383 e. The summed E-state index contributed by atoms with van der Waals surface area (Å²) >= 11 is 11.7. The number of rotatable bonds is 6. The summed E-state index contributed by atoms with van der Waals surface area (Å²) in [5, 5.41) is 5.23. The van der Waals surface area contributed by atoms with Crippen molar-refractivity contribution in [3.05, 3.63) is 55.7 Å². The van der Waals surface area contributed by atoms with Gasteiger partial charge >= 0.3 is 5.69 Å². The van der Waals surface area contributed by atoms with Crippen molar-refractivity contribution < 1.29 is 0 Å². The second kappa shape index (κ2) is 7.55. The normalized spacial score (nSPS) is 11.3. The lowest BCUT2D eigenvalue weighted by Crippen LogP contribution is -2.40. The lowest BCUT2D eigenvalue weighted by Gasteiger charge is -2.11. The van der Waals surface area contributed by atoms with Crippen molar-refractivity contribution in [1.29, 1.82) is 0 Å². The Morgan fingerprint density at radius 3 is 2.42 bits per heavy atom. The van der Waals surface area contributed by atoms with Gasteiger partial charge in [-0.05, 0) is 24.1 Å². The SMILES string of the molecule is CCCn1c(=O)c2c(N)n(CCCl)nc2n(Cc2ccc(Cl)cc2)c1=O. The summed E-state index contributed by atoms with van der Waals surface area (Å²) in [7, 11) is 0. The standard InChI is InChI=1S/C17H19Cl2N5O2/c1-2-8-22-16(25)13-14(20)24(9-7-18)21-15(13)23(17(22)26)10-11-3-5-12(19)6-4-11/h3-6H,2,7-10,20H2,1H3. The second-order valence-electron chi connectivity index (χ2n) is 5.95. The molecule has 7 nitrogen and oxygen atoms in total. The van der Waals surface area contributed by atoms with E-state index < -0.39 is 11.2 Å². The Labute approximate surface area is 159 Å². The van der Waals surface area contributed by atoms with Crippen molar-refractivity contribution in [1.82, 2.24) is 18.9 Å². The van der Waals surface area contributed by atoms with Gasteiger partial charge in [0.05, 0.1) is 13.1 Å². The van der Waals surface area contributed by atoms with E-state index in [-0.39, 0.29) is 23.4 Å². The van der Waals surface area contributed by atoms with Gasteiger partial charge in [0.1, 0.15) is 11.2 Å². The monoisotopic (exact) mass is 395 g/mol. The molecule has 0 saturated heterocycles. The van der Waals surface area contributed by atoms with Gasteiger partial charge in [-0.15, -0.1) is 11.6 Å². The van der Waals surface area contributed by atoms with Crippen molar-refractivity contribution >= 4 is 40.1 Å². The average molecular weight is 396 g/mol. The van der Waals surface area contributed by atoms with Crippen LogP contribution in [0.15, 0.2) is 33.9 Å². The predicted molar refractivity (Wildman–Crippen MR) is 104 cm³/mol. The molecule has 0 unspecified atom stereocenters. The van der Waals surface area contributed by atoms with E-state index in [4.69, 9.17) is 28.9 Å². The van der Waals surface area contributed by atoms with Crippen molar-refractivity contribution in [2.45, 2.75) is 33.0 Å². The first-order chi connectivity index (χ1) is 12.5. The fourth-order valence-electron chi connectivity index (χ4n) is 2.90. The molecule has 3 aromatic rings. The molecule has 0 atom stereocenters. The highest BCUT2D eigenvalue weighted by atomic mass is 35.5. The lowest BCUT2D eigenvalue weighted by atomic mass is 10.2. The fraction of sp³-hybridized carbons (Fsp3) is 0.353. The zero-order valence-corrected chi connectivity index (χ0v) is 15.8. The molecule has 0 radical (unpaired) electrons. The molecule has 9 heteroatoms. The van der Waals surface area contributed by atoms with Crippen LogP contribution in [0.1, 0.15) is 18.9 Å². The predicted octanol–water partition coefficient (Wildman–Crippen LogP) is 2.29. The minimum atomic E-state index is -0.419. The summed E-state index contributed by atoms with van der Waals surface area (Å²) in [4.78, 5) is 25.7. The molecule has 0 spiro atoms. The highest BCUT2D eigenvalue weighted by Gasteiger charge is 2.20. The first-order valence-electron chi connectivity index (χ1n) is 8.28. The van der Waals surface area contributed by atoms with E-state index in [2.05, 4.69) is 5.10 Å². The highest BCUT2D eigenvalue weighted by molar-refractivity contribution is 6.30. The number of anilines is 1. The minimum absolute atomic E-state index is 0.223. The van der Waals surface area contributed by atoms with E-state index in [1.165, 1.54) is 13.8 Å². The van der Waals surface area contributed by atoms with Gasteiger partial charge in [0.25, 0.3) is 5.56 Å². The number of hydrogen-bond acceptors (Lipinski definition) is 4. The quantitative estimate of drug-likeness (QED) is 0.648. The van der Waals surface area contributed by atoms with Crippen molar-refractivity contribution in [3.63, 3.8) is 0 Å². The maximum absolute atomic E-state index is 12.9. The van der Waals surface area contributed by atoms with Crippen LogP contribution >= 0.6 is 23.2 Å². The van der Waals surface area contributed by atoms with Crippen LogP contribution in [0.3, 0.4) is 0 Å². The van der Waals surface area contributed by atoms with Crippen LogP contribution < -0.4 is 17.0 Å². The van der Waals surface area contributed by atoms with Gasteiger partial charge in [-0.2, -0.15) is 5.10 Å². The molecule has 0 saturated carbocycles. The summed E-state index contributed by atoms with van der Waals surface area (Å²) in [6.07, 6.45) is 0.650. The zero-order valence-electron chi connectivity index (χ0n) is 14.3. The van der Waals surface area contributed by atoms with Gasteiger partial charge < -0.3 is 5.73 Å². The average Bonchev–Trinajstić information content (AvgIpc) is 2.94. The second-order valence-corrected chi connectivity index (χ2v) is 6.76. The number of nitrogen functional groups attached to an aromatic ring is 1. The van der Waals surface area contributed by atoms with E-state index in [9.17, 15) is 9.59 Å². The third-order valence-electron chi connectivity index (χ3n) is 4.15. The molecule has 0 aliphatic carbocycles. The molecular weight excluding hydrogens is 377 g/mol. The summed E-state index contributed by atoms with van der Waals surface area (Å²) < 4.78 is 4.14. The number of nitrogens with two attached hydrogens (primary N) is 1. The molecule has 138 valence electrons. The van der Waals surface area contributed by atoms with Gasteiger partial charge in [0.2, 0.25) is 0 Å². The third kappa shape index (κ3) is 3.24. The summed E-state index contributed by atoms with van der Waals surface area (Å²) in [6, 6.07) is 7.16. The van der Waals surface area contributed by atoms with Crippen LogP contribution in [0.5, 0.6) is 0 Å². The van der Waals surface area contributed by atoms with Gasteiger partial charge in [0.15, 0.2) is 5.65 Å². The number of aromatic nitrogens is 4. The van der Waals surface area contributed by atoms with E-state index in [0.717, 1.165) is 5.56 Å². The Bertz CT molecular complexity index is 1050. The number of hydrogen-bond donors (Lipinski definition) is 1. The molecule has 1 aromatic carbocycles. The van der Waals surface area contributed by atoms with E-state index in [1.54, 1.807) is 12.1 Å². The van der Waals surface area contributed by atoms with Crippen LogP contribution in [-0.2, 0) is 19.6 Å². The Kier molecular flexibility index (Phi) is 5.38. The number of aryl methyl sites for hydroxylation is 1. The van der Waals surface area contributed by atoms with Gasteiger partial charge in [-0.3, -0.25) is 13.9 Å². The van der Waals surface area contributed by atoms with Gasteiger partial charge in [0, 0.05) is 17.4 Å². The molecule has 2 N–H and O–H groups in total. The largest absolute Gasteiger partial charge is 0.383 e.